The molecule has 2 amide bonds. The summed E-state index contributed by atoms with van der Waals surface area (Å²) in [5.41, 5.74) is 5.55. The van der Waals surface area contributed by atoms with Crippen LogP contribution in [0.4, 0.5) is 0 Å². The molecule has 0 saturated carbocycles. The second kappa shape index (κ2) is 8.98. The zero-order valence-electron chi connectivity index (χ0n) is 11.1. The molecule has 0 radical (unpaired) electrons. The van der Waals surface area contributed by atoms with Crippen LogP contribution in [-0.4, -0.2) is 31.4 Å². The molecule has 0 aromatic heterocycles. The molecule has 4 N–H and O–H groups in total. The lowest BCUT2D eigenvalue weighted by molar-refractivity contribution is -0.128. The molecule has 17 heavy (non-hydrogen) atoms. The van der Waals surface area contributed by atoms with Crippen molar-refractivity contribution in [2.45, 2.75) is 33.6 Å². The number of carbonyl (C=O) groups is 2. The monoisotopic (exact) mass is 243 g/mol. The first-order chi connectivity index (χ1) is 8.01. The summed E-state index contributed by atoms with van der Waals surface area (Å²) < 4.78 is 0. The Morgan fingerprint density at radius 3 is 2.35 bits per heavy atom. The van der Waals surface area contributed by atoms with E-state index in [1.54, 1.807) is 0 Å². The molecule has 0 aromatic carbocycles. The summed E-state index contributed by atoms with van der Waals surface area (Å²) in [5.74, 6) is -0.0643. The van der Waals surface area contributed by atoms with E-state index in [9.17, 15) is 9.59 Å². The quantitative estimate of drug-likeness (QED) is 0.571. The minimum atomic E-state index is -0.200. The summed E-state index contributed by atoms with van der Waals surface area (Å²) in [7, 11) is 0. The van der Waals surface area contributed by atoms with Crippen molar-refractivity contribution in [3.05, 3.63) is 0 Å². The average molecular weight is 243 g/mol. The standard InChI is InChI=1S/C12H25N3O2/c1-4-5-14-11(16)8-15-12(17)10(7-13)6-9(2)3/h9-10H,4-8,13H2,1-3H3,(H,14,16)(H,15,17). The molecule has 0 heterocycles. The maximum atomic E-state index is 11.7. The maximum absolute atomic E-state index is 11.7. The van der Waals surface area contributed by atoms with Crippen molar-refractivity contribution in [2.75, 3.05) is 19.6 Å². The second-order valence-corrected chi connectivity index (χ2v) is 4.63. The van der Waals surface area contributed by atoms with Gasteiger partial charge in [0.15, 0.2) is 0 Å². The van der Waals surface area contributed by atoms with E-state index in [1.807, 2.05) is 20.8 Å². The lowest BCUT2D eigenvalue weighted by Crippen LogP contribution is -2.41. The fraction of sp³-hybridized carbons (Fsp3) is 0.833. The first kappa shape index (κ1) is 15.9. The van der Waals surface area contributed by atoms with Crippen LogP contribution in [0.5, 0.6) is 0 Å². The fourth-order valence-electron chi connectivity index (χ4n) is 1.52. The molecule has 1 atom stereocenters. The fourth-order valence-corrected chi connectivity index (χ4v) is 1.52. The number of hydrogen-bond acceptors (Lipinski definition) is 3. The Balaban J connectivity index is 3.93. The zero-order chi connectivity index (χ0) is 13.3. The smallest absolute Gasteiger partial charge is 0.239 e. The molecular formula is C12H25N3O2. The molecule has 0 saturated heterocycles. The minimum Gasteiger partial charge on any atom is -0.355 e. The Bertz CT molecular complexity index is 242. The van der Waals surface area contributed by atoms with Gasteiger partial charge in [0.05, 0.1) is 12.5 Å². The van der Waals surface area contributed by atoms with Crippen LogP contribution in [0.1, 0.15) is 33.6 Å². The summed E-state index contributed by atoms with van der Waals surface area (Å²) in [4.78, 5) is 23.0. The highest BCUT2D eigenvalue weighted by atomic mass is 16.2. The summed E-state index contributed by atoms with van der Waals surface area (Å²) in [6.45, 7) is 7.06. The summed E-state index contributed by atoms with van der Waals surface area (Å²) in [6, 6.07) is 0. The molecule has 0 aliphatic rings. The lowest BCUT2D eigenvalue weighted by Gasteiger charge is -2.16. The number of carbonyl (C=O) groups excluding carboxylic acids is 2. The van der Waals surface area contributed by atoms with Crippen molar-refractivity contribution in [1.82, 2.24) is 10.6 Å². The third-order valence-corrected chi connectivity index (χ3v) is 2.41. The summed E-state index contributed by atoms with van der Waals surface area (Å²) >= 11 is 0. The Morgan fingerprint density at radius 1 is 1.24 bits per heavy atom. The van der Waals surface area contributed by atoms with E-state index in [2.05, 4.69) is 10.6 Å². The molecule has 1 unspecified atom stereocenters. The van der Waals surface area contributed by atoms with E-state index in [-0.39, 0.29) is 24.3 Å². The van der Waals surface area contributed by atoms with E-state index < -0.39 is 0 Å². The number of rotatable bonds is 8. The van der Waals surface area contributed by atoms with Crippen molar-refractivity contribution in [1.29, 1.82) is 0 Å². The zero-order valence-corrected chi connectivity index (χ0v) is 11.1. The number of hydrogen-bond donors (Lipinski definition) is 3. The van der Waals surface area contributed by atoms with Gasteiger partial charge in [-0.25, -0.2) is 0 Å². The Labute approximate surface area is 104 Å². The van der Waals surface area contributed by atoms with E-state index >= 15 is 0 Å². The Hall–Kier alpha value is -1.10. The van der Waals surface area contributed by atoms with Gasteiger partial charge in [-0.3, -0.25) is 9.59 Å². The largest absolute Gasteiger partial charge is 0.355 e. The molecule has 100 valence electrons. The van der Waals surface area contributed by atoms with Gasteiger partial charge in [-0.15, -0.1) is 0 Å². The van der Waals surface area contributed by atoms with Gasteiger partial charge in [0.1, 0.15) is 0 Å². The normalized spacial score (nSPS) is 12.3. The molecule has 0 spiro atoms. The van der Waals surface area contributed by atoms with E-state index in [0.29, 0.717) is 19.0 Å². The molecule has 0 rings (SSSR count). The topological polar surface area (TPSA) is 84.2 Å². The van der Waals surface area contributed by atoms with Crippen molar-refractivity contribution < 1.29 is 9.59 Å². The number of amides is 2. The predicted octanol–water partition coefficient (Wildman–Crippen LogP) is 0.250. The van der Waals surface area contributed by atoms with E-state index in [1.165, 1.54) is 0 Å². The second-order valence-electron chi connectivity index (χ2n) is 4.63. The van der Waals surface area contributed by atoms with Crippen LogP contribution in [0.15, 0.2) is 0 Å². The molecule has 0 aromatic rings. The van der Waals surface area contributed by atoms with Crippen molar-refractivity contribution in [2.24, 2.45) is 17.6 Å². The van der Waals surface area contributed by atoms with Crippen LogP contribution >= 0.6 is 0 Å². The third-order valence-electron chi connectivity index (χ3n) is 2.41. The first-order valence-corrected chi connectivity index (χ1v) is 6.25. The lowest BCUT2D eigenvalue weighted by atomic mass is 9.96. The minimum absolute atomic E-state index is 0.0351. The Kier molecular flexibility index (Phi) is 8.40. The first-order valence-electron chi connectivity index (χ1n) is 6.25. The van der Waals surface area contributed by atoms with Crippen molar-refractivity contribution in [3.63, 3.8) is 0 Å². The molecule has 0 aliphatic heterocycles. The van der Waals surface area contributed by atoms with Crippen molar-refractivity contribution in [3.8, 4) is 0 Å². The SMILES string of the molecule is CCCNC(=O)CNC(=O)C(CN)CC(C)C. The van der Waals surface area contributed by atoms with Gasteiger partial charge in [0.25, 0.3) is 0 Å². The summed E-state index contributed by atoms with van der Waals surface area (Å²) in [6.07, 6.45) is 1.64. The number of nitrogens with two attached hydrogens (primary N) is 1. The van der Waals surface area contributed by atoms with Crippen LogP contribution in [0.2, 0.25) is 0 Å². The van der Waals surface area contributed by atoms with E-state index in [4.69, 9.17) is 5.73 Å². The molecule has 5 nitrogen and oxygen atoms in total. The van der Waals surface area contributed by atoms with Crippen LogP contribution in [-0.2, 0) is 9.59 Å². The molecule has 0 aliphatic carbocycles. The molecular weight excluding hydrogens is 218 g/mol. The highest BCUT2D eigenvalue weighted by Crippen LogP contribution is 2.10. The van der Waals surface area contributed by atoms with Crippen LogP contribution in [0.3, 0.4) is 0 Å². The van der Waals surface area contributed by atoms with Gasteiger partial charge in [0.2, 0.25) is 11.8 Å². The van der Waals surface area contributed by atoms with Gasteiger partial charge < -0.3 is 16.4 Å². The molecule has 0 fully saturated rings. The molecule has 0 bridgehead atoms. The predicted molar refractivity (Wildman–Crippen MR) is 68.3 cm³/mol. The van der Waals surface area contributed by atoms with Gasteiger partial charge in [-0.1, -0.05) is 20.8 Å². The van der Waals surface area contributed by atoms with Gasteiger partial charge in [0, 0.05) is 13.1 Å². The van der Waals surface area contributed by atoms with E-state index in [0.717, 1.165) is 12.8 Å². The number of nitrogens with one attached hydrogen (secondary N) is 2. The van der Waals surface area contributed by atoms with Gasteiger partial charge in [-0.2, -0.15) is 0 Å². The Morgan fingerprint density at radius 2 is 1.88 bits per heavy atom. The molecule has 5 heteroatoms. The van der Waals surface area contributed by atoms with Crippen molar-refractivity contribution >= 4 is 11.8 Å². The average Bonchev–Trinajstić information content (AvgIpc) is 2.29. The van der Waals surface area contributed by atoms with Crippen LogP contribution < -0.4 is 16.4 Å². The van der Waals surface area contributed by atoms with Gasteiger partial charge in [-0.05, 0) is 18.8 Å². The van der Waals surface area contributed by atoms with Gasteiger partial charge >= 0.3 is 0 Å². The highest BCUT2D eigenvalue weighted by molar-refractivity contribution is 5.85. The third kappa shape index (κ3) is 7.74. The summed E-state index contributed by atoms with van der Waals surface area (Å²) in [5, 5.41) is 5.32. The highest BCUT2D eigenvalue weighted by Gasteiger charge is 2.18. The van der Waals surface area contributed by atoms with Crippen LogP contribution in [0.25, 0.3) is 0 Å². The van der Waals surface area contributed by atoms with Crippen LogP contribution in [0, 0.1) is 11.8 Å². The maximum Gasteiger partial charge on any atom is 0.239 e.